The van der Waals surface area contributed by atoms with Crippen LogP contribution in [0.4, 0.5) is 0 Å². The second kappa shape index (κ2) is 5.73. The molecule has 2 rings (SSSR count). The molecule has 0 heterocycles. The fourth-order valence-electron chi connectivity index (χ4n) is 3.94. The first-order valence-corrected chi connectivity index (χ1v) is 7.81. The zero-order valence-electron chi connectivity index (χ0n) is 12.1. The number of nitrogens with one attached hydrogen (secondary N) is 1. The first-order chi connectivity index (χ1) is 8.06. The predicted molar refractivity (Wildman–Crippen MR) is 75.2 cm³/mol. The molecule has 17 heavy (non-hydrogen) atoms. The Labute approximate surface area is 108 Å². The molecule has 0 aromatic heterocycles. The topological polar surface area (TPSA) is 12.0 Å². The maximum Gasteiger partial charge on any atom is 0.00966 e. The maximum absolute atomic E-state index is 3.73. The summed E-state index contributed by atoms with van der Waals surface area (Å²) in [6.07, 6.45) is 12.0. The highest BCUT2D eigenvalue weighted by Crippen LogP contribution is 2.42. The first-order valence-electron chi connectivity index (χ1n) is 7.81. The Kier molecular flexibility index (Phi) is 4.52. The van der Waals surface area contributed by atoms with E-state index in [9.17, 15) is 0 Å². The van der Waals surface area contributed by atoms with Crippen molar-refractivity contribution in [2.24, 2.45) is 17.8 Å². The Bertz CT molecular complexity index is 222. The molecule has 1 nitrogen and oxygen atoms in total. The summed E-state index contributed by atoms with van der Waals surface area (Å²) in [5.74, 6) is 3.08. The van der Waals surface area contributed by atoms with E-state index in [-0.39, 0.29) is 0 Å². The number of hydrogen-bond acceptors (Lipinski definition) is 1. The maximum atomic E-state index is 3.73. The van der Waals surface area contributed by atoms with Crippen LogP contribution in [0.25, 0.3) is 0 Å². The van der Waals surface area contributed by atoms with Crippen molar-refractivity contribution in [1.29, 1.82) is 0 Å². The summed E-state index contributed by atoms with van der Waals surface area (Å²) in [6, 6.07) is 0. The van der Waals surface area contributed by atoms with Gasteiger partial charge >= 0.3 is 0 Å². The average molecular weight is 237 g/mol. The predicted octanol–water partition coefficient (Wildman–Crippen LogP) is 4.37. The summed E-state index contributed by atoms with van der Waals surface area (Å²) in [5.41, 5.74) is 0.291. The highest BCUT2D eigenvalue weighted by atomic mass is 14.9. The molecule has 0 amide bonds. The third kappa shape index (κ3) is 3.98. The molecule has 2 saturated carbocycles. The third-order valence-electron chi connectivity index (χ3n) is 4.87. The van der Waals surface area contributed by atoms with Crippen LogP contribution < -0.4 is 5.32 Å². The van der Waals surface area contributed by atoms with Crippen LogP contribution in [-0.4, -0.2) is 12.1 Å². The first kappa shape index (κ1) is 13.4. The lowest BCUT2D eigenvalue weighted by Gasteiger charge is -2.33. The van der Waals surface area contributed by atoms with Gasteiger partial charge in [0.25, 0.3) is 0 Å². The fraction of sp³-hybridized carbons (Fsp3) is 1.00. The van der Waals surface area contributed by atoms with Gasteiger partial charge in [0.15, 0.2) is 0 Å². The van der Waals surface area contributed by atoms with Gasteiger partial charge in [-0.3, -0.25) is 0 Å². The molecule has 2 atom stereocenters. The highest BCUT2D eigenvalue weighted by Gasteiger charge is 2.34. The summed E-state index contributed by atoms with van der Waals surface area (Å²) in [7, 11) is 0. The largest absolute Gasteiger partial charge is 0.312 e. The minimum Gasteiger partial charge on any atom is -0.312 e. The van der Waals surface area contributed by atoms with Crippen LogP contribution in [0.5, 0.6) is 0 Å². The normalized spacial score (nSPS) is 31.9. The van der Waals surface area contributed by atoms with Crippen molar-refractivity contribution < 1.29 is 0 Å². The van der Waals surface area contributed by atoms with Crippen LogP contribution in [0.15, 0.2) is 0 Å². The smallest absolute Gasteiger partial charge is 0.00966 e. The van der Waals surface area contributed by atoms with E-state index in [2.05, 4.69) is 26.1 Å². The fourth-order valence-corrected chi connectivity index (χ4v) is 3.94. The standard InChI is InChI=1S/C16H31N/c1-16(2,3)17-12-14-10-7-11-15(14)13-8-5-4-6-9-13/h13-15,17H,4-12H2,1-3H3. The van der Waals surface area contributed by atoms with Gasteiger partial charge in [-0.15, -0.1) is 0 Å². The molecule has 0 saturated heterocycles. The van der Waals surface area contributed by atoms with Gasteiger partial charge in [0, 0.05) is 5.54 Å². The van der Waals surface area contributed by atoms with Crippen molar-refractivity contribution in [2.75, 3.05) is 6.54 Å². The molecule has 100 valence electrons. The summed E-state index contributed by atoms with van der Waals surface area (Å²) >= 11 is 0. The molecule has 2 aliphatic carbocycles. The van der Waals surface area contributed by atoms with Crippen LogP contribution in [0.2, 0.25) is 0 Å². The van der Waals surface area contributed by atoms with Crippen LogP contribution in [-0.2, 0) is 0 Å². The van der Waals surface area contributed by atoms with E-state index in [4.69, 9.17) is 0 Å². The zero-order chi connectivity index (χ0) is 12.3. The Morgan fingerprint density at radius 1 is 0.882 bits per heavy atom. The molecular weight excluding hydrogens is 206 g/mol. The molecule has 1 N–H and O–H groups in total. The van der Waals surface area contributed by atoms with Crippen molar-refractivity contribution in [1.82, 2.24) is 5.32 Å². The van der Waals surface area contributed by atoms with E-state index in [1.54, 1.807) is 0 Å². The van der Waals surface area contributed by atoms with Gasteiger partial charge in [0.2, 0.25) is 0 Å². The van der Waals surface area contributed by atoms with E-state index in [0.29, 0.717) is 5.54 Å². The monoisotopic (exact) mass is 237 g/mol. The van der Waals surface area contributed by atoms with Gasteiger partial charge in [-0.25, -0.2) is 0 Å². The van der Waals surface area contributed by atoms with E-state index in [1.807, 2.05) is 0 Å². The molecule has 0 spiro atoms. The Morgan fingerprint density at radius 3 is 2.24 bits per heavy atom. The van der Waals surface area contributed by atoms with Crippen molar-refractivity contribution in [3.05, 3.63) is 0 Å². The van der Waals surface area contributed by atoms with Crippen molar-refractivity contribution in [2.45, 2.75) is 77.7 Å². The summed E-state index contributed by atoms with van der Waals surface area (Å²) < 4.78 is 0. The van der Waals surface area contributed by atoms with Crippen LogP contribution in [0.3, 0.4) is 0 Å². The molecule has 2 unspecified atom stereocenters. The highest BCUT2D eigenvalue weighted by molar-refractivity contribution is 4.86. The van der Waals surface area contributed by atoms with Gasteiger partial charge in [-0.05, 0) is 57.9 Å². The lowest BCUT2D eigenvalue weighted by atomic mass is 9.75. The summed E-state index contributed by atoms with van der Waals surface area (Å²) in [6.45, 7) is 8.12. The van der Waals surface area contributed by atoms with Gasteiger partial charge in [-0.2, -0.15) is 0 Å². The summed E-state index contributed by atoms with van der Waals surface area (Å²) in [5, 5.41) is 3.73. The number of rotatable bonds is 3. The van der Waals surface area contributed by atoms with Gasteiger partial charge in [-0.1, -0.05) is 38.5 Å². The minimum absolute atomic E-state index is 0.291. The quantitative estimate of drug-likeness (QED) is 0.768. The van der Waals surface area contributed by atoms with Crippen LogP contribution in [0.1, 0.15) is 72.1 Å². The van der Waals surface area contributed by atoms with Gasteiger partial charge in [0.1, 0.15) is 0 Å². The lowest BCUT2D eigenvalue weighted by Crippen LogP contribution is -2.40. The van der Waals surface area contributed by atoms with Crippen LogP contribution in [0, 0.1) is 17.8 Å². The molecule has 0 aliphatic heterocycles. The minimum atomic E-state index is 0.291. The Hall–Kier alpha value is -0.0400. The van der Waals surface area contributed by atoms with E-state index >= 15 is 0 Å². The zero-order valence-corrected chi connectivity index (χ0v) is 12.1. The van der Waals surface area contributed by atoms with Gasteiger partial charge < -0.3 is 5.32 Å². The molecule has 0 radical (unpaired) electrons. The molecule has 1 heteroatoms. The molecule has 0 bridgehead atoms. The second-order valence-corrected chi connectivity index (χ2v) is 7.38. The molecule has 2 aliphatic rings. The van der Waals surface area contributed by atoms with Crippen LogP contribution >= 0.6 is 0 Å². The van der Waals surface area contributed by atoms with E-state index in [1.165, 1.54) is 57.9 Å². The second-order valence-electron chi connectivity index (χ2n) is 7.38. The van der Waals surface area contributed by atoms with Crippen molar-refractivity contribution >= 4 is 0 Å². The molecule has 0 aromatic rings. The van der Waals surface area contributed by atoms with Gasteiger partial charge in [0.05, 0.1) is 0 Å². The van der Waals surface area contributed by atoms with Crippen molar-refractivity contribution in [3.8, 4) is 0 Å². The SMILES string of the molecule is CC(C)(C)NCC1CCCC1C1CCCCC1. The molecular formula is C16H31N. The molecule has 2 fully saturated rings. The van der Waals surface area contributed by atoms with E-state index < -0.39 is 0 Å². The Morgan fingerprint density at radius 2 is 1.59 bits per heavy atom. The summed E-state index contributed by atoms with van der Waals surface area (Å²) in [4.78, 5) is 0. The van der Waals surface area contributed by atoms with E-state index in [0.717, 1.165) is 17.8 Å². The number of hydrogen-bond donors (Lipinski definition) is 1. The molecule has 0 aromatic carbocycles. The Balaban J connectivity index is 1.83. The average Bonchev–Trinajstić information content (AvgIpc) is 2.75. The van der Waals surface area contributed by atoms with Crippen molar-refractivity contribution in [3.63, 3.8) is 0 Å². The third-order valence-corrected chi connectivity index (χ3v) is 4.87. The lowest BCUT2D eigenvalue weighted by molar-refractivity contribution is 0.192.